The molecule has 0 aromatic carbocycles. The Balaban J connectivity index is 0.00000256. The van der Waals surface area contributed by atoms with E-state index in [1.165, 1.54) is 7.05 Å². The zero-order chi connectivity index (χ0) is 12.3. The molecular formula is C11H18N2NaO3. The number of carbonyl (C=O) groups is 3. The molecule has 1 rings (SSSR count). The number of amides is 4. The van der Waals surface area contributed by atoms with Gasteiger partial charge in [0.2, 0.25) is 11.8 Å². The van der Waals surface area contributed by atoms with Crippen LogP contribution in [0.2, 0.25) is 0 Å². The van der Waals surface area contributed by atoms with Crippen molar-refractivity contribution < 1.29 is 14.4 Å². The Hall–Kier alpha value is -0.390. The Morgan fingerprint density at radius 1 is 1.24 bits per heavy atom. The number of rotatable bonds is 4. The zero-order valence-corrected chi connectivity index (χ0v) is 13.0. The van der Waals surface area contributed by atoms with Crippen LogP contribution in [0.4, 0.5) is 4.79 Å². The van der Waals surface area contributed by atoms with E-state index < -0.39 is 17.4 Å². The molecule has 4 amide bonds. The molecule has 0 aliphatic carbocycles. The Morgan fingerprint density at radius 2 is 1.82 bits per heavy atom. The fourth-order valence-corrected chi connectivity index (χ4v) is 2.00. The van der Waals surface area contributed by atoms with Crippen molar-refractivity contribution in [2.75, 3.05) is 7.05 Å². The van der Waals surface area contributed by atoms with E-state index in [9.17, 15) is 14.4 Å². The van der Waals surface area contributed by atoms with Crippen molar-refractivity contribution >= 4 is 47.4 Å². The molecule has 0 aromatic rings. The van der Waals surface area contributed by atoms with Gasteiger partial charge in [0.25, 0.3) is 0 Å². The van der Waals surface area contributed by atoms with Crippen molar-refractivity contribution in [2.45, 2.75) is 39.5 Å². The van der Waals surface area contributed by atoms with Crippen LogP contribution in [-0.4, -0.2) is 59.4 Å². The minimum absolute atomic E-state index is 0. The van der Waals surface area contributed by atoms with Gasteiger partial charge in [0.05, 0.1) is 0 Å². The van der Waals surface area contributed by atoms with Crippen molar-refractivity contribution in [2.24, 2.45) is 5.41 Å². The van der Waals surface area contributed by atoms with Crippen molar-refractivity contribution in [1.29, 1.82) is 0 Å². The minimum Gasteiger partial charge on any atom is -0.277 e. The number of carbonyl (C=O) groups excluding carboxylic acids is 3. The van der Waals surface area contributed by atoms with Crippen LogP contribution >= 0.6 is 0 Å². The van der Waals surface area contributed by atoms with Crippen LogP contribution in [0.15, 0.2) is 0 Å². The summed E-state index contributed by atoms with van der Waals surface area (Å²) in [6.45, 7) is 3.81. The standard InChI is InChI=1S/C11H18N2O3.Na/c1-4-6-7-11(5-2)8(14)12-10(16)13(3)9(11)15;/h4-7H2,1-3H3,(H,12,14,16);. The molecule has 0 bridgehead atoms. The Labute approximate surface area is 124 Å². The molecule has 91 valence electrons. The molecule has 1 saturated heterocycles. The van der Waals surface area contributed by atoms with E-state index in [-0.39, 0.29) is 35.5 Å². The number of hydrogen-bond acceptors (Lipinski definition) is 3. The third-order valence-electron chi connectivity index (χ3n) is 3.23. The van der Waals surface area contributed by atoms with Crippen molar-refractivity contribution in [3.05, 3.63) is 0 Å². The van der Waals surface area contributed by atoms with E-state index >= 15 is 0 Å². The largest absolute Gasteiger partial charge is 0.330 e. The summed E-state index contributed by atoms with van der Waals surface area (Å²) in [5.74, 6) is -0.825. The maximum Gasteiger partial charge on any atom is 0.330 e. The Kier molecular flexibility index (Phi) is 6.37. The molecule has 1 aliphatic rings. The number of urea groups is 1. The van der Waals surface area contributed by atoms with E-state index in [0.29, 0.717) is 12.8 Å². The summed E-state index contributed by atoms with van der Waals surface area (Å²) >= 11 is 0. The van der Waals surface area contributed by atoms with Gasteiger partial charge >= 0.3 is 6.03 Å². The number of imide groups is 2. The number of barbiturate groups is 1. The first-order valence-electron chi connectivity index (χ1n) is 5.63. The van der Waals surface area contributed by atoms with Crippen molar-refractivity contribution in [3.63, 3.8) is 0 Å². The summed E-state index contributed by atoms with van der Waals surface area (Å²) in [7, 11) is 1.40. The molecule has 0 saturated carbocycles. The van der Waals surface area contributed by atoms with Gasteiger partial charge in [0.15, 0.2) is 0 Å². The molecule has 0 spiro atoms. The van der Waals surface area contributed by atoms with E-state index in [2.05, 4.69) is 5.32 Å². The smallest absolute Gasteiger partial charge is 0.277 e. The van der Waals surface area contributed by atoms with Gasteiger partial charge in [-0.1, -0.05) is 26.7 Å². The third kappa shape index (κ3) is 2.89. The second-order valence-corrected chi connectivity index (χ2v) is 4.16. The summed E-state index contributed by atoms with van der Waals surface area (Å²) in [4.78, 5) is 36.2. The monoisotopic (exact) mass is 249 g/mol. The first-order valence-corrected chi connectivity index (χ1v) is 5.63. The molecule has 5 nitrogen and oxygen atoms in total. The molecule has 1 unspecified atom stereocenters. The van der Waals surface area contributed by atoms with Crippen LogP contribution < -0.4 is 5.32 Å². The molecule has 0 aromatic heterocycles. The molecule has 1 fully saturated rings. The number of hydrogen-bond donors (Lipinski definition) is 1. The Bertz CT molecular complexity index is 333. The van der Waals surface area contributed by atoms with Crippen molar-refractivity contribution in [3.8, 4) is 0 Å². The van der Waals surface area contributed by atoms with Gasteiger partial charge in [-0.05, 0) is 12.8 Å². The fourth-order valence-electron chi connectivity index (χ4n) is 2.00. The molecule has 1 aliphatic heterocycles. The molecular weight excluding hydrogens is 231 g/mol. The molecule has 1 heterocycles. The topological polar surface area (TPSA) is 66.5 Å². The number of nitrogens with zero attached hydrogens (tertiary/aromatic N) is 1. The van der Waals surface area contributed by atoms with Gasteiger partial charge in [-0.15, -0.1) is 0 Å². The van der Waals surface area contributed by atoms with Crippen LogP contribution in [0.5, 0.6) is 0 Å². The van der Waals surface area contributed by atoms with Crippen LogP contribution in [0.1, 0.15) is 39.5 Å². The summed E-state index contributed by atoms with van der Waals surface area (Å²) in [6.07, 6.45) is 2.65. The summed E-state index contributed by atoms with van der Waals surface area (Å²) in [5.41, 5.74) is -1.04. The predicted molar refractivity (Wildman–Crippen MR) is 64.3 cm³/mol. The second kappa shape index (κ2) is 6.52. The van der Waals surface area contributed by atoms with Gasteiger partial charge < -0.3 is 0 Å². The fraction of sp³-hybridized carbons (Fsp3) is 0.727. The Morgan fingerprint density at radius 3 is 2.29 bits per heavy atom. The maximum atomic E-state index is 12.0. The normalized spacial score (nSPS) is 24.4. The molecule has 17 heavy (non-hydrogen) atoms. The van der Waals surface area contributed by atoms with Crippen LogP contribution in [0.25, 0.3) is 0 Å². The third-order valence-corrected chi connectivity index (χ3v) is 3.23. The van der Waals surface area contributed by atoms with Crippen molar-refractivity contribution in [1.82, 2.24) is 10.2 Å². The van der Waals surface area contributed by atoms with Crippen LogP contribution in [-0.2, 0) is 9.59 Å². The minimum atomic E-state index is -1.04. The van der Waals surface area contributed by atoms with E-state index in [1.54, 1.807) is 6.92 Å². The average molecular weight is 249 g/mol. The number of nitrogens with one attached hydrogen (secondary N) is 1. The molecule has 1 N–H and O–H groups in total. The van der Waals surface area contributed by atoms with Gasteiger partial charge in [-0.2, -0.15) is 0 Å². The van der Waals surface area contributed by atoms with E-state index in [4.69, 9.17) is 0 Å². The summed E-state index contributed by atoms with van der Waals surface area (Å²) in [5, 5.41) is 2.24. The summed E-state index contributed by atoms with van der Waals surface area (Å²) < 4.78 is 0. The van der Waals surface area contributed by atoms with Gasteiger partial charge in [0, 0.05) is 36.6 Å². The first kappa shape index (κ1) is 16.6. The van der Waals surface area contributed by atoms with E-state index in [1.807, 2.05) is 6.92 Å². The van der Waals surface area contributed by atoms with Crippen LogP contribution in [0.3, 0.4) is 0 Å². The van der Waals surface area contributed by atoms with Gasteiger partial charge in [0.1, 0.15) is 5.41 Å². The molecule has 6 heteroatoms. The predicted octanol–water partition coefficient (Wildman–Crippen LogP) is 0.900. The SMILES string of the molecule is CCCCC1(CC)C(=O)NC(=O)N(C)C1=O.[Na]. The maximum absolute atomic E-state index is 12.0. The van der Waals surface area contributed by atoms with Crippen LogP contribution in [0, 0.1) is 5.41 Å². The summed E-state index contributed by atoms with van der Waals surface area (Å²) in [6, 6.07) is -0.629. The number of unbranched alkanes of at least 4 members (excludes halogenated alkanes) is 1. The average Bonchev–Trinajstić information content (AvgIpc) is 2.27. The van der Waals surface area contributed by atoms with Gasteiger partial charge in [-0.25, -0.2) is 4.79 Å². The zero-order valence-electron chi connectivity index (χ0n) is 11.0. The quantitative estimate of drug-likeness (QED) is 0.594. The molecule has 1 radical (unpaired) electrons. The first-order chi connectivity index (χ1) is 7.49. The molecule has 1 atom stereocenters. The second-order valence-electron chi connectivity index (χ2n) is 4.16. The van der Waals surface area contributed by atoms with Gasteiger partial charge in [-0.3, -0.25) is 19.8 Å². The van der Waals surface area contributed by atoms with E-state index in [0.717, 1.165) is 17.7 Å².